The number of amides is 1. The molecule has 0 heterocycles. The van der Waals surface area contributed by atoms with Gasteiger partial charge in [0.05, 0.1) is 6.54 Å². The van der Waals surface area contributed by atoms with E-state index >= 15 is 0 Å². The molecule has 0 aliphatic heterocycles. The van der Waals surface area contributed by atoms with Crippen LogP contribution in [0.15, 0.2) is 0 Å². The van der Waals surface area contributed by atoms with Crippen molar-refractivity contribution in [1.82, 2.24) is 10.2 Å². The Balaban J connectivity index is 3.70. The first kappa shape index (κ1) is 14.4. The monoisotopic (exact) mass is 214 g/mol. The zero-order valence-corrected chi connectivity index (χ0v) is 10.8. The number of nitrogens with one attached hydrogen (secondary N) is 1. The van der Waals surface area contributed by atoms with Crippen LogP contribution in [0.2, 0.25) is 0 Å². The molecule has 0 radical (unpaired) electrons. The second-order valence-electron chi connectivity index (χ2n) is 4.44. The Morgan fingerprint density at radius 1 is 1.33 bits per heavy atom. The Kier molecular flexibility index (Phi) is 7.39. The van der Waals surface area contributed by atoms with E-state index in [2.05, 4.69) is 26.1 Å². The van der Waals surface area contributed by atoms with Crippen LogP contribution in [0.1, 0.15) is 40.5 Å². The van der Waals surface area contributed by atoms with Gasteiger partial charge in [0.2, 0.25) is 5.91 Å². The summed E-state index contributed by atoms with van der Waals surface area (Å²) in [6.45, 7) is 9.82. The standard InChI is InChI=1S/C12H26N2O/c1-6-10(3)8-11(4)13-9-12(15)14(5)7-2/h10-11,13H,6-9H2,1-5H3. The minimum atomic E-state index is 0.175. The van der Waals surface area contributed by atoms with E-state index in [1.165, 1.54) is 6.42 Å². The van der Waals surface area contributed by atoms with Gasteiger partial charge < -0.3 is 10.2 Å². The van der Waals surface area contributed by atoms with E-state index in [4.69, 9.17) is 0 Å². The van der Waals surface area contributed by atoms with Gasteiger partial charge in [-0.15, -0.1) is 0 Å². The number of carbonyl (C=O) groups excluding carboxylic acids is 1. The first-order chi connectivity index (χ1) is 7.01. The summed E-state index contributed by atoms with van der Waals surface area (Å²) >= 11 is 0. The van der Waals surface area contributed by atoms with Crippen molar-refractivity contribution >= 4 is 5.91 Å². The highest BCUT2D eigenvalue weighted by Crippen LogP contribution is 2.08. The number of carbonyl (C=O) groups is 1. The molecular weight excluding hydrogens is 188 g/mol. The van der Waals surface area contributed by atoms with Gasteiger partial charge in [-0.3, -0.25) is 4.79 Å². The first-order valence-corrected chi connectivity index (χ1v) is 5.98. The summed E-state index contributed by atoms with van der Waals surface area (Å²) in [5.41, 5.74) is 0. The summed E-state index contributed by atoms with van der Waals surface area (Å²) in [6.07, 6.45) is 2.34. The van der Waals surface area contributed by atoms with Crippen molar-refractivity contribution in [2.45, 2.75) is 46.6 Å². The van der Waals surface area contributed by atoms with Gasteiger partial charge in [0.1, 0.15) is 0 Å². The number of hydrogen-bond donors (Lipinski definition) is 1. The third-order valence-corrected chi connectivity index (χ3v) is 2.95. The molecule has 15 heavy (non-hydrogen) atoms. The second-order valence-corrected chi connectivity index (χ2v) is 4.44. The normalized spacial score (nSPS) is 14.7. The molecule has 3 nitrogen and oxygen atoms in total. The molecule has 0 aliphatic carbocycles. The maximum absolute atomic E-state index is 11.5. The molecule has 1 N–H and O–H groups in total. The summed E-state index contributed by atoms with van der Waals surface area (Å²) in [4.78, 5) is 13.2. The minimum absolute atomic E-state index is 0.175. The van der Waals surface area contributed by atoms with E-state index in [9.17, 15) is 4.79 Å². The van der Waals surface area contributed by atoms with E-state index in [0.717, 1.165) is 18.9 Å². The molecule has 90 valence electrons. The molecule has 0 rings (SSSR count). The van der Waals surface area contributed by atoms with Crippen LogP contribution in [0.3, 0.4) is 0 Å². The lowest BCUT2D eigenvalue weighted by Crippen LogP contribution is -2.39. The summed E-state index contributed by atoms with van der Waals surface area (Å²) in [6, 6.07) is 0.425. The molecule has 0 saturated carbocycles. The van der Waals surface area contributed by atoms with Crippen LogP contribution in [0, 0.1) is 5.92 Å². The summed E-state index contributed by atoms with van der Waals surface area (Å²) in [5.74, 6) is 0.903. The lowest BCUT2D eigenvalue weighted by Gasteiger charge is -2.19. The van der Waals surface area contributed by atoms with E-state index in [1.807, 2.05) is 14.0 Å². The van der Waals surface area contributed by atoms with Crippen molar-refractivity contribution in [1.29, 1.82) is 0 Å². The van der Waals surface area contributed by atoms with Crippen LogP contribution < -0.4 is 5.32 Å². The molecule has 0 aliphatic rings. The predicted octanol–water partition coefficient (Wildman–Crippen LogP) is 1.88. The van der Waals surface area contributed by atoms with Crippen LogP contribution in [0.4, 0.5) is 0 Å². The number of rotatable bonds is 7. The Morgan fingerprint density at radius 2 is 1.93 bits per heavy atom. The molecule has 0 spiro atoms. The van der Waals surface area contributed by atoms with Gasteiger partial charge in [-0.2, -0.15) is 0 Å². The average Bonchev–Trinajstić information content (AvgIpc) is 2.24. The predicted molar refractivity (Wildman–Crippen MR) is 64.8 cm³/mol. The van der Waals surface area contributed by atoms with Gasteiger partial charge in [-0.05, 0) is 26.2 Å². The largest absolute Gasteiger partial charge is 0.345 e. The van der Waals surface area contributed by atoms with Crippen LogP contribution in [0.5, 0.6) is 0 Å². The fourth-order valence-corrected chi connectivity index (χ4v) is 1.43. The third-order valence-electron chi connectivity index (χ3n) is 2.95. The first-order valence-electron chi connectivity index (χ1n) is 5.98. The number of hydrogen-bond acceptors (Lipinski definition) is 2. The zero-order chi connectivity index (χ0) is 11.8. The van der Waals surface area contributed by atoms with Gasteiger partial charge in [0, 0.05) is 19.6 Å². The quantitative estimate of drug-likeness (QED) is 0.702. The Hall–Kier alpha value is -0.570. The van der Waals surface area contributed by atoms with Crippen LogP contribution in [-0.4, -0.2) is 37.0 Å². The Labute approximate surface area is 94.2 Å². The fourth-order valence-electron chi connectivity index (χ4n) is 1.43. The maximum Gasteiger partial charge on any atom is 0.236 e. The van der Waals surface area contributed by atoms with Gasteiger partial charge in [-0.1, -0.05) is 20.3 Å². The van der Waals surface area contributed by atoms with Gasteiger partial charge in [0.25, 0.3) is 0 Å². The topological polar surface area (TPSA) is 32.3 Å². The summed E-state index contributed by atoms with van der Waals surface area (Å²) in [7, 11) is 1.84. The molecule has 0 bridgehead atoms. The van der Waals surface area contributed by atoms with Crippen molar-refractivity contribution in [2.75, 3.05) is 20.1 Å². The van der Waals surface area contributed by atoms with E-state index < -0.39 is 0 Å². The zero-order valence-electron chi connectivity index (χ0n) is 10.8. The fraction of sp³-hybridized carbons (Fsp3) is 0.917. The van der Waals surface area contributed by atoms with Crippen LogP contribution >= 0.6 is 0 Å². The Morgan fingerprint density at radius 3 is 2.40 bits per heavy atom. The maximum atomic E-state index is 11.5. The second kappa shape index (κ2) is 7.69. The van der Waals surface area contributed by atoms with Crippen LogP contribution in [0.25, 0.3) is 0 Å². The molecule has 0 fully saturated rings. The van der Waals surface area contributed by atoms with Crippen molar-refractivity contribution in [2.24, 2.45) is 5.92 Å². The van der Waals surface area contributed by atoms with Crippen molar-refractivity contribution in [3.63, 3.8) is 0 Å². The van der Waals surface area contributed by atoms with Gasteiger partial charge in [0.15, 0.2) is 0 Å². The van der Waals surface area contributed by atoms with Crippen molar-refractivity contribution in [3.05, 3.63) is 0 Å². The average molecular weight is 214 g/mol. The lowest BCUT2D eigenvalue weighted by molar-refractivity contribution is -0.128. The molecule has 2 unspecified atom stereocenters. The Bertz CT molecular complexity index is 182. The number of nitrogens with zero attached hydrogens (tertiary/aromatic N) is 1. The molecule has 0 aromatic carbocycles. The number of likely N-dealkylation sites (N-methyl/N-ethyl adjacent to an activating group) is 1. The molecule has 0 aromatic rings. The van der Waals surface area contributed by atoms with Gasteiger partial charge in [-0.25, -0.2) is 0 Å². The summed E-state index contributed by atoms with van der Waals surface area (Å²) in [5, 5.41) is 3.27. The van der Waals surface area contributed by atoms with Crippen molar-refractivity contribution < 1.29 is 4.79 Å². The molecular formula is C12H26N2O. The highest BCUT2D eigenvalue weighted by Gasteiger charge is 2.10. The molecule has 3 heteroatoms. The third kappa shape index (κ3) is 6.50. The van der Waals surface area contributed by atoms with Gasteiger partial charge >= 0.3 is 0 Å². The van der Waals surface area contributed by atoms with E-state index in [-0.39, 0.29) is 5.91 Å². The highest BCUT2D eigenvalue weighted by atomic mass is 16.2. The van der Waals surface area contributed by atoms with Crippen LogP contribution in [-0.2, 0) is 4.79 Å². The molecule has 0 aromatic heterocycles. The SMILES string of the molecule is CCC(C)CC(C)NCC(=O)N(C)CC. The smallest absolute Gasteiger partial charge is 0.236 e. The van der Waals surface area contributed by atoms with E-state index in [1.54, 1.807) is 4.90 Å². The molecule has 2 atom stereocenters. The highest BCUT2D eigenvalue weighted by molar-refractivity contribution is 5.77. The van der Waals surface area contributed by atoms with E-state index in [0.29, 0.717) is 12.6 Å². The summed E-state index contributed by atoms with van der Waals surface area (Å²) < 4.78 is 0. The molecule has 0 saturated heterocycles. The van der Waals surface area contributed by atoms with Crippen molar-refractivity contribution in [3.8, 4) is 0 Å². The molecule has 1 amide bonds. The lowest BCUT2D eigenvalue weighted by atomic mass is 10.0. The minimum Gasteiger partial charge on any atom is -0.345 e.